The van der Waals surface area contributed by atoms with Crippen molar-refractivity contribution in [2.45, 2.75) is 116 Å². The zero-order chi connectivity index (χ0) is 18.9. The van der Waals surface area contributed by atoms with Crippen LogP contribution >= 0.6 is 0 Å². The van der Waals surface area contributed by atoms with Crippen molar-refractivity contribution in [1.82, 2.24) is 4.90 Å². The lowest BCUT2D eigenvalue weighted by Crippen LogP contribution is -2.35. The molecular formula is C23H44N2O. The molecule has 0 saturated heterocycles. The zero-order valence-corrected chi connectivity index (χ0v) is 17.4. The number of allylic oxidation sites excluding steroid dienone is 1. The second-order valence-electron chi connectivity index (χ2n) is 7.90. The minimum Gasteiger partial charge on any atom is -0.374 e. The first-order valence-electron chi connectivity index (χ1n) is 11.3. The number of aliphatic hydroxyl groups excluding tert-OH is 1. The Bertz CT molecular complexity index is 365. The maximum atomic E-state index is 9.70. The highest BCUT2D eigenvalue weighted by Crippen LogP contribution is 2.15. The first-order chi connectivity index (χ1) is 12.8. The average molecular weight is 365 g/mol. The van der Waals surface area contributed by atoms with Gasteiger partial charge < -0.3 is 10.0 Å². The van der Waals surface area contributed by atoms with Crippen LogP contribution in [0, 0.1) is 0 Å². The highest BCUT2D eigenvalue weighted by molar-refractivity contribution is 5.83. The van der Waals surface area contributed by atoms with Gasteiger partial charge in [-0.05, 0) is 26.2 Å². The van der Waals surface area contributed by atoms with Gasteiger partial charge in [0.15, 0.2) is 0 Å². The summed E-state index contributed by atoms with van der Waals surface area (Å²) in [5, 5.41) is 9.70. The number of aliphatic hydroxyl groups is 1. The number of hydrogen-bond acceptors (Lipinski definition) is 3. The van der Waals surface area contributed by atoms with Crippen LogP contribution in [-0.2, 0) is 0 Å². The summed E-state index contributed by atoms with van der Waals surface area (Å²) in [6.07, 6.45) is 23.2. The Balaban J connectivity index is 1.77. The molecule has 152 valence electrons. The molecule has 0 aliphatic carbocycles. The summed E-state index contributed by atoms with van der Waals surface area (Å²) in [5.74, 6) is 1.13. The molecule has 1 heterocycles. The van der Waals surface area contributed by atoms with Crippen LogP contribution in [-0.4, -0.2) is 35.2 Å². The maximum absolute atomic E-state index is 9.70. The summed E-state index contributed by atoms with van der Waals surface area (Å²) in [7, 11) is 0. The Kier molecular flexibility index (Phi) is 14.6. The van der Waals surface area contributed by atoms with Crippen LogP contribution in [0.15, 0.2) is 17.6 Å². The molecule has 1 aliphatic rings. The fourth-order valence-electron chi connectivity index (χ4n) is 3.82. The van der Waals surface area contributed by atoms with E-state index in [0.29, 0.717) is 0 Å². The van der Waals surface area contributed by atoms with Gasteiger partial charge in [0.25, 0.3) is 0 Å². The van der Waals surface area contributed by atoms with E-state index in [0.717, 1.165) is 25.3 Å². The lowest BCUT2D eigenvalue weighted by molar-refractivity contribution is 0.0766. The van der Waals surface area contributed by atoms with Crippen molar-refractivity contribution >= 4 is 5.84 Å². The molecule has 0 aromatic heterocycles. The molecule has 1 atom stereocenters. The van der Waals surface area contributed by atoms with E-state index in [1.54, 1.807) is 0 Å². The smallest absolute Gasteiger partial charge is 0.125 e. The Hall–Kier alpha value is -0.830. The van der Waals surface area contributed by atoms with E-state index in [1.807, 2.05) is 17.9 Å². The van der Waals surface area contributed by atoms with Gasteiger partial charge in [-0.25, -0.2) is 0 Å². The third kappa shape index (κ3) is 11.7. The van der Waals surface area contributed by atoms with E-state index in [4.69, 9.17) is 0 Å². The second kappa shape index (κ2) is 16.4. The monoisotopic (exact) mass is 364 g/mol. The molecule has 0 aromatic carbocycles. The summed E-state index contributed by atoms with van der Waals surface area (Å²) in [6, 6.07) is 0. The van der Waals surface area contributed by atoms with E-state index in [1.165, 1.54) is 96.3 Å². The predicted octanol–water partition coefficient (Wildman–Crippen LogP) is 6.47. The van der Waals surface area contributed by atoms with Crippen LogP contribution in [0.1, 0.15) is 110 Å². The van der Waals surface area contributed by atoms with Crippen LogP contribution in [0.4, 0.5) is 0 Å². The highest BCUT2D eigenvalue weighted by atomic mass is 16.3. The first kappa shape index (κ1) is 23.2. The van der Waals surface area contributed by atoms with Gasteiger partial charge in [-0.1, -0.05) is 83.1 Å². The Morgan fingerprint density at radius 1 is 0.885 bits per heavy atom. The summed E-state index contributed by atoms with van der Waals surface area (Å²) in [4.78, 5) is 6.57. The summed E-state index contributed by atoms with van der Waals surface area (Å²) < 4.78 is 0. The fraction of sp³-hybridized carbons (Fsp3) is 0.870. The molecule has 0 amide bonds. The van der Waals surface area contributed by atoms with Gasteiger partial charge in [-0.3, -0.25) is 4.99 Å². The molecule has 3 heteroatoms. The van der Waals surface area contributed by atoms with Gasteiger partial charge in [0.1, 0.15) is 12.1 Å². The molecule has 0 aromatic rings. The number of rotatable bonds is 18. The molecule has 1 aliphatic heterocycles. The van der Waals surface area contributed by atoms with Crippen molar-refractivity contribution in [1.29, 1.82) is 0 Å². The molecule has 1 unspecified atom stereocenters. The van der Waals surface area contributed by atoms with Crippen LogP contribution in [0.2, 0.25) is 0 Å². The SMILES string of the molecule is C=CCCCCCCCCCCCCCCCCC1=NCCN1C(C)O. The molecule has 0 saturated carbocycles. The van der Waals surface area contributed by atoms with Crippen molar-refractivity contribution in [2.75, 3.05) is 13.1 Å². The summed E-state index contributed by atoms with van der Waals surface area (Å²) in [6.45, 7) is 7.36. The normalized spacial score (nSPS) is 15.3. The quantitative estimate of drug-likeness (QED) is 0.223. The summed E-state index contributed by atoms with van der Waals surface area (Å²) >= 11 is 0. The highest BCUT2D eigenvalue weighted by Gasteiger charge is 2.19. The molecule has 3 nitrogen and oxygen atoms in total. The molecular weight excluding hydrogens is 320 g/mol. The number of unbranched alkanes of at least 4 members (excludes halogenated alkanes) is 14. The van der Waals surface area contributed by atoms with Crippen LogP contribution in [0.5, 0.6) is 0 Å². The van der Waals surface area contributed by atoms with Crippen molar-refractivity contribution in [2.24, 2.45) is 4.99 Å². The van der Waals surface area contributed by atoms with E-state index in [2.05, 4.69) is 11.6 Å². The molecule has 0 radical (unpaired) electrons. The number of amidine groups is 1. The lowest BCUT2D eigenvalue weighted by atomic mass is 10.0. The largest absolute Gasteiger partial charge is 0.374 e. The van der Waals surface area contributed by atoms with Gasteiger partial charge in [0, 0.05) is 13.0 Å². The van der Waals surface area contributed by atoms with Crippen molar-refractivity contribution in [3.05, 3.63) is 12.7 Å². The topological polar surface area (TPSA) is 35.8 Å². The van der Waals surface area contributed by atoms with Gasteiger partial charge in [-0.2, -0.15) is 0 Å². The van der Waals surface area contributed by atoms with E-state index in [9.17, 15) is 5.11 Å². The fourth-order valence-corrected chi connectivity index (χ4v) is 3.82. The number of aliphatic imine (C=N–C) groups is 1. The zero-order valence-electron chi connectivity index (χ0n) is 17.4. The summed E-state index contributed by atoms with van der Waals surface area (Å²) in [5.41, 5.74) is 0. The first-order valence-corrected chi connectivity index (χ1v) is 11.3. The van der Waals surface area contributed by atoms with Crippen molar-refractivity contribution in [3.63, 3.8) is 0 Å². The van der Waals surface area contributed by atoms with Gasteiger partial charge in [-0.15, -0.1) is 6.58 Å². The maximum Gasteiger partial charge on any atom is 0.125 e. The Labute approximate surface area is 163 Å². The third-order valence-corrected chi connectivity index (χ3v) is 5.48. The average Bonchev–Trinajstić information content (AvgIpc) is 3.10. The van der Waals surface area contributed by atoms with Gasteiger partial charge >= 0.3 is 0 Å². The van der Waals surface area contributed by atoms with Crippen LogP contribution < -0.4 is 0 Å². The Morgan fingerprint density at radius 2 is 1.35 bits per heavy atom. The van der Waals surface area contributed by atoms with E-state index in [-0.39, 0.29) is 6.23 Å². The molecule has 26 heavy (non-hydrogen) atoms. The molecule has 0 spiro atoms. The van der Waals surface area contributed by atoms with Gasteiger partial charge in [0.2, 0.25) is 0 Å². The van der Waals surface area contributed by atoms with E-state index < -0.39 is 0 Å². The van der Waals surface area contributed by atoms with E-state index >= 15 is 0 Å². The molecule has 0 bridgehead atoms. The Morgan fingerprint density at radius 3 is 1.81 bits per heavy atom. The second-order valence-corrected chi connectivity index (χ2v) is 7.90. The van der Waals surface area contributed by atoms with Crippen LogP contribution in [0.25, 0.3) is 0 Å². The molecule has 0 fully saturated rings. The third-order valence-electron chi connectivity index (χ3n) is 5.48. The minimum absolute atomic E-state index is 0.381. The molecule has 1 N–H and O–H groups in total. The number of hydrogen-bond donors (Lipinski definition) is 1. The standard InChI is InChI=1S/C23H44N2O/c1-3-4-5-6-7-8-9-10-11-12-13-14-15-16-17-18-19-23-24-20-21-25(23)22(2)26/h3,22,26H,1,4-21H2,2H3. The molecule has 1 rings (SSSR count). The van der Waals surface area contributed by atoms with Gasteiger partial charge in [0.05, 0.1) is 6.54 Å². The minimum atomic E-state index is -0.381. The lowest BCUT2D eigenvalue weighted by Gasteiger charge is -2.23. The predicted molar refractivity (Wildman–Crippen MR) is 115 cm³/mol. The van der Waals surface area contributed by atoms with Crippen LogP contribution in [0.3, 0.4) is 0 Å². The van der Waals surface area contributed by atoms with Crippen molar-refractivity contribution in [3.8, 4) is 0 Å². The van der Waals surface area contributed by atoms with Crippen molar-refractivity contribution < 1.29 is 5.11 Å². The number of nitrogens with zero attached hydrogens (tertiary/aromatic N) is 2.